The Bertz CT molecular complexity index is 1250. The first kappa shape index (κ1) is 19.5. The van der Waals surface area contributed by atoms with E-state index in [-0.39, 0.29) is 29.3 Å². The first-order chi connectivity index (χ1) is 14.4. The molecule has 2 heterocycles. The summed E-state index contributed by atoms with van der Waals surface area (Å²) >= 11 is 0. The van der Waals surface area contributed by atoms with Crippen molar-refractivity contribution in [3.8, 4) is 11.5 Å². The minimum absolute atomic E-state index is 0.0458. The number of nitrogens with two attached hydrogens (primary N) is 1. The first-order valence-corrected chi connectivity index (χ1v) is 8.93. The smallest absolute Gasteiger partial charge is 0.422 e. The molecule has 0 bridgehead atoms. The van der Waals surface area contributed by atoms with E-state index in [1.807, 2.05) is 0 Å². The van der Waals surface area contributed by atoms with E-state index >= 15 is 0 Å². The van der Waals surface area contributed by atoms with Gasteiger partial charge in [-0.05, 0) is 29.8 Å². The topological polar surface area (TPSA) is 150 Å². The number of carbonyl (C=O) groups excluding carboxylic acids is 1. The van der Waals surface area contributed by atoms with E-state index in [9.17, 15) is 19.2 Å². The molecule has 0 saturated heterocycles. The van der Waals surface area contributed by atoms with Gasteiger partial charge in [-0.3, -0.25) is 9.89 Å². The molecule has 4 aromatic rings. The number of amides is 1. The molecule has 0 atom stereocenters. The molecule has 150 valence electrons. The van der Waals surface area contributed by atoms with E-state index in [1.165, 1.54) is 18.2 Å². The number of nitrogens with one attached hydrogen (secondary N) is 2. The molecule has 4 rings (SSSR count). The van der Waals surface area contributed by atoms with Crippen LogP contribution in [0.25, 0.3) is 22.4 Å². The average Bonchev–Trinajstić information content (AvgIpc) is 3.16. The zero-order valence-electron chi connectivity index (χ0n) is 15.5. The summed E-state index contributed by atoms with van der Waals surface area (Å²) in [6.45, 7) is 0.255. The third kappa shape index (κ3) is 3.84. The second-order valence-electron chi connectivity index (χ2n) is 6.52. The lowest BCUT2D eigenvalue weighted by atomic mass is 9.86. The zero-order chi connectivity index (χ0) is 21.3. The quantitative estimate of drug-likeness (QED) is 0.294. The summed E-state index contributed by atoms with van der Waals surface area (Å²) in [4.78, 5) is 20.2. The van der Waals surface area contributed by atoms with Crippen molar-refractivity contribution >= 4 is 35.3 Å². The lowest BCUT2D eigenvalue weighted by molar-refractivity contribution is 0.100. The lowest BCUT2D eigenvalue weighted by Crippen LogP contribution is -2.33. The number of H-pyrrole nitrogens is 1. The summed E-state index contributed by atoms with van der Waals surface area (Å²) in [7, 11) is -1.84. The van der Waals surface area contributed by atoms with Crippen molar-refractivity contribution < 1.29 is 19.2 Å². The Hall–Kier alpha value is -3.83. The van der Waals surface area contributed by atoms with Crippen molar-refractivity contribution in [2.24, 2.45) is 5.73 Å². The largest absolute Gasteiger partial charge is 0.508 e. The number of hydrogen-bond acceptors (Lipinski definition) is 7. The molecule has 30 heavy (non-hydrogen) atoms. The van der Waals surface area contributed by atoms with Crippen molar-refractivity contribution in [2.45, 2.75) is 6.54 Å². The number of fused-ring (bicyclic) bond motifs is 1. The van der Waals surface area contributed by atoms with Gasteiger partial charge in [-0.15, -0.1) is 0 Å². The summed E-state index contributed by atoms with van der Waals surface area (Å²) in [5.41, 5.74) is 7.00. The van der Waals surface area contributed by atoms with Crippen LogP contribution in [-0.2, 0) is 6.54 Å². The van der Waals surface area contributed by atoms with Crippen molar-refractivity contribution in [3.63, 3.8) is 0 Å². The van der Waals surface area contributed by atoms with Gasteiger partial charge in [0.2, 0.25) is 0 Å². The Morgan fingerprint density at radius 1 is 1.17 bits per heavy atom. The second kappa shape index (κ2) is 7.89. The van der Waals surface area contributed by atoms with Crippen molar-refractivity contribution in [1.29, 1.82) is 0 Å². The summed E-state index contributed by atoms with van der Waals surface area (Å²) in [6.07, 6.45) is 0. The van der Waals surface area contributed by atoms with Crippen LogP contribution in [0.5, 0.6) is 0 Å². The van der Waals surface area contributed by atoms with Gasteiger partial charge in [-0.25, -0.2) is 14.4 Å². The van der Waals surface area contributed by atoms with Gasteiger partial charge >= 0.3 is 7.12 Å². The monoisotopic (exact) mass is 406 g/mol. The molecule has 9 nitrogen and oxygen atoms in total. The maximum atomic E-state index is 13.4. The molecular weight excluding hydrogens is 390 g/mol. The SMILES string of the molecule is NC(=O)c1cccc2c(-c3nc(NCc4cccc(F)c4)cc(B(O)O)n3)[nH]nc12. The van der Waals surface area contributed by atoms with Crippen LogP contribution in [0, 0.1) is 5.82 Å². The van der Waals surface area contributed by atoms with Gasteiger partial charge in [0.15, 0.2) is 5.82 Å². The molecule has 0 spiro atoms. The van der Waals surface area contributed by atoms with Crippen molar-refractivity contribution in [2.75, 3.05) is 5.32 Å². The Kier molecular flexibility index (Phi) is 5.13. The number of hydrogen-bond donors (Lipinski definition) is 5. The maximum Gasteiger partial charge on any atom is 0.508 e. The number of halogens is 1. The predicted octanol–water partition coefficient (Wildman–Crippen LogP) is 0.550. The lowest BCUT2D eigenvalue weighted by Gasteiger charge is -2.10. The van der Waals surface area contributed by atoms with Gasteiger partial charge in [0.25, 0.3) is 5.91 Å². The molecule has 2 aromatic heterocycles. The number of aromatic nitrogens is 4. The fraction of sp³-hybridized carbons (Fsp3) is 0.0526. The highest BCUT2D eigenvalue weighted by Crippen LogP contribution is 2.26. The fourth-order valence-corrected chi connectivity index (χ4v) is 3.05. The molecule has 0 fully saturated rings. The van der Waals surface area contributed by atoms with Gasteiger partial charge in [0, 0.05) is 11.9 Å². The van der Waals surface area contributed by atoms with Gasteiger partial charge in [-0.1, -0.05) is 24.3 Å². The Morgan fingerprint density at radius 3 is 2.70 bits per heavy atom. The van der Waals surface area contributed by atoms with Gasteiger partial charge in [-0.2, -0.15) is 5.10 Å². The van der Waals surface area contributed by atoms with E-state index in [0.29, 0.717) is 28.0 Å². The highest BCUT2D eigenvalue weighted by Gasteiger charge is 2.20. The summed E-state index contributed by atoms with van der Waals surface area (Å²) in [6, 6.07) is 12.3. The van der Waals surface area contributed by atoms with Crippen LogP contribution in [0.2, 0.25) is 0 Å². The van der Waals surface area contributed by atoms with E-state index in [4.69, 9.17) is 5.73 Å². The van der Waals surface area contributed by atoms with Crippen LogP contribution < -0.4 is 16.6 Å². The van der Waals surface area contributed by atoms with Crippen molar-refractivity contribution in [1.82, 2.24) is 20.2 Å². The first-order valence-electron chi connectivity index (χ1n) is 8.93. The molecule has 0 radical (unpaired) electrons. The Labute approximate surface area is 169 Å². The van der Waals surface area contributed by atoms with Gasteiger partial charge < -0.3 is 21.1 Å². The minimum Gasteiger partial charge on any atom is -0.422 e. The van der Waals surface area contributed by atoms with Crippen molar-refractivity contribution in [3.05, 3.63) is 65.5 Å². The average molecular weight is 406 g/mol. The van der Waals surface area contributed by atoms with Crippen LogP contribution in [0.4, 0.5) is 10.2 Å². The van der Waals surface area contributed by atoms with E-state index < -0.39 is 13.0 Å². The Morgan fingerprint density at radius 2 is 1.97 bits per heavy atom. The fourth-order valence-electron chi connectivity index (χ4n) is 3.05. The van der Waals surface area contributed by atoms with Gasteiger partial charge in [0.05, 0.1) is 11.2 Å². The Balaban J connectivity index is 1.74. The minimum atomic E-state index is -1.84. The number of benzene rings is 2. The molecule has 0 aliphatic carbocycles. The number of primary amides is 1. The van der Waals surface area contributed by atoms with Crippen LogP contribution in [-0.4, -0.2) is 43.2 Å². The number of rotatable bonds is 6. The van der Waals surface area contributed by atoms with Crippen LogP contribution in [0.1, 0.15) is 15.9 Å². The van der Waals surface area contributed by atoms with Crippen LogP contribution in [0.15, 0.2) is 48.5 Å². The van der Waals surface area contributed by atoms with Crippen LogP contribution >= 0.6 is 0 Å². The maximum absolute atomic E-state index is 13.4. The molecule has 0 saturated carbocycles. The zero-order valence-corrected chi connectivity index (χ0v) is 15.5. The number of carbonyl (C=O) groups is 1. The highest BCUT2D eigenvalue weighted by atomic mass is 19.1. The molecule has 11 heteroatoms. The van der Waals surface area contributed by atoms with Gasteiger partial charge in [0.1, 0.15) is 22.8 Å². The molecule has 0 aliphatic heterocycles. The highest BCUT2D eigenvalue weighted by molar-refractivity contribution is 6.57. The predicted molar refractivity (Wildman–Crippen MR) is 109 cm³/mol. The number of aromatic amines is 1. The standard InChI is InChI=1S/C19H16BFN6O3/c21-11-4-1-3-10(7-11)9-23-15-8-14(20(29)30)24-19(25-15)17-12-5-2-6-13(18(22)28)16(12)26-27-17/h1-8,29-30H,9H2,(H2,22,28)(H,26,27)(H,23,24,25). The third-order valence-electron chi connectivity index (χ3n) is 4.45. The molecular formula is C19H16BFN6O3. The molecule has 2 aromatic carbocycles. The molecule has 1 amide bonds. The third-order valence-corrected chi connectivity index (χ3v) is 4.45. The van der Waals surface area contributed by atoms with E-state index in [0.717, 1.165) is 0 Å². The summed E-state index contributed by atoms with van der Waals surface area (Å²) in [5.74, 6) is -0.567. The van der Waals surface area contributed by atoms with E-state index in [2.05, 4.69) is 25.5 Å². The normalized spacial score (nSPS) is 10.9. The molecule has 6 N–H and O–H groups in total. The number of anilines is 1. The number of para-hydroxylation sites is 1. The molecule has 0 aliphatic rings. The molecule has 0 unspecified atom stereocenters. The van der Waals surface area contributed by atoms with Crippen LogP contribution in [0.3, 0.4) is 0 Å². The second-order valence-corrected chi connectivity index (χ2v) is 6.52. The summed E-state index contributed by atoms with van der Waals surface area (Å²) in [5, 5.41) is 29.7. The summed E-state index contributed by atoms with van der Waals surface area (Å²) < 4.78 is 13.4. The number of nitrogens with zero attached hydrogens (tertiary/aromatic N) is 3. The van der Waals surface area contributed by atoms with E-state index in [1.54, 1.807) is 30.3 Å².